The molecule has 2 aromatic carbocycles. The van der Waals surface area contributed by atoms with Crippen molar-refractivity contribution in [2.45, 2.75) is 25.4 Å². The summed E-state index contributed by atoms with van der Waals surface area (Å²) in [5.74, 6) is 0.331. The Bertz CT molecular complexity index is 1010. The van der Waals surface area contributed by atoms with Gasteiger partial charge in [-0.2, -0.15) is 18.2 Å². The monoisotopic (exact) mass is 387 g/mol. The number of carbonyl (C=O) groups excluding carboxylic acids is 1. The summed E-state index contributed by atoms with van der Waals surface area (Å²) >= 11 is 0. The van der Waals surface area contributed by atoms with E-state index in [0.29, 0.717) is 17.4 Å². The van der Waals surface area contributed by atoms with Gasteiger partial charge in [0.05, 0.1) is 5.56 Å². The number of aromatic nitrogens is 2. The van der Waals surface area contributed by atoms with Crippen LogP contribution in [-0.2, 0) is 11.0 Å². The van der Waals surface area contributed by atoms with E-state index in [0.717, 1.165) is 23.3 Å². The fourth-order valence-electron chi connectivity index (χ4n) is 3.28. The Kier molecular flexibility index (Phi) is 4.41. The predicted molar refractivity (Wildman–Crippen MR) is 95.6 cm³/mol. The molecule has 4 rings (SSSR count). The molecule has 2 heterocycles. The van der Waals surface area contributed by atoms with Gasteiger partial charge in [-0.25, -0.2) is 0 Å². The molecule has 1 unspecified atom stereocenters. The van der Waals surface area contributed by atoms with Crippen molar-refractivity contribution in [3.8, 4) is 11.5 Å². The van der Waals surface area contributed by atoms with Crippen LogP contribution >= 0.6 is 0 Å². The summed E-state index contributed by atoms with van der Waals surface area (Å²) in [7, 11) is 0. The Balaban J connectivity index is 1.53. The molecule has 3 aromatic rings. The maximum Gasteiger partial charge on any atom is 0.416 e. The van der Waals surface area contributed by atoms with E-state index in [-0.39, 0.29) is 24.8 Å². The van der Waals surface area contributed by atoms with Gasteiger partial charge in [-0.05, 0) is 42.8 Å². The number of nitrogens with zero attached hydrogens (tertiary/aromatic N) is 3. The molecular weight excluding hydrogens is 371 g/mol. The average molecular weight is 387 g/mol. The predicted octanol–water partition coefficient (Wildman–Crippen LogP) is 4.58. The van der Waals surface area contributed by atoms with Crippen molar-refractivity contribution >= 4 is 11.6 Å². The number of halogens is 3. The molecule has 0 N–H and O–H groups in total. The number of carbonyl (C=O) groups is 1. The van der Waals surface area contributed by atoms with Crippen molar-refractivity contribution in [2.24, 2.45) is 0 Å². The van der Waals surface area contributed by atoms with Crippen LogP contribution in [0, 0.1) is 6.92 Å². The summed E-state index contributed by atoms with van der Waals surface area (Å²) in [6, 6.07) is 12.1. The molecule has 1 atom stereocenters. The average Bonchev–Trinajstić information content (AvgIpc) is 3.28. The second-order valence-corrected chi connectivity index (χ2v) is 6.72. The maximum absolute atomic E-state index is 12.7. The van der Waals surface area contributed by atoms with E-state index in [2.05, 4.69) is 10.1 Å². The molecule has 0 aliphatic carbocycles. The summed E-state index contributed by atoms with van der Waals surface area (Å²) in [6.07, 6.45) is -4.24. The van der Waals surface area contributed by atoms with E-state index >= 15 is 0 Å². The van der Waals surface area contributed by atoms with Crippen molar-refractivity contribution in [3.05, 3.63) is 65.5 Å². The summed E-state index contributed by atoms with van der Waals surface area (Å²) in [5.41, 5.74) is 1.49. The van der Waals surface area contributed by atoms with Gasteiger partial charge in [0.1, 0.15) is 0 Å². The van der Waals surface area contributed by atoms with Gasteiger partial charge in [-0.15, -0.1) is 0 Å². The van der Waals surface area contributed by atoms with Gasteiger partial charge in [-0.3, -0.25) is 4.79 Å². The first-order valence-electron chi connectivity index (χ1n) is 8.70. The van der Waals surface area contributed by atoms with Crippen LogP contribution in [0.5, 0.6) is 0 Å². The fraction of sp³-hybridized carbons (Fsp3) is 0.250. The second-order valence-electron chi connectivity index (χ2n) is 6.72. The number of benzene rings is 2. The van der Waals surface area contributed by atoms with Crippen LogP contribution in [0.3, 0.4) is 0 Å². The highest BCUT2D eigenvalue weighted by atomic mass is 19.4. The van der Waals surface area contributed by atoms with Gasteiger partial charge in [0.25, 0.3) is 5.89 Å². The van der Waals surface area contributed by atoms with Crippen molar-refractivity contribution in [2.75, 3.05) is 11.4 Å². The number of rotatable bonds is 3. The van der Waals surface area contributed by atoms with E-state index in [1.54, 1.807) is 0 Å². The first kappa shape index (κ1) is 18.2. The molecule has 0 bridgehead atoms. The normalized spacial score (nSPS) is 17.4. The zero-order valence-corrected chi connectivity index (χ0v) is 14.9. The van der Waals surface area contributed by atoms with Crippen molar-refractivity contribution in [1.82, 2.24) is 10.1 Å². The van der Waals surface area contributed by atoms with Gasteiger partial charge < -0.3 is 9.42 Å². The van der Waals surface area contributed by atoms with Gasteiger partial charge >= 0.3 is 6.18 Å². The number of alkyl halides is 3. The molecule has 0 spiro atoms. The van der Waals surface area contributed by atoms with Crippen LogP contribution in [0.25, 0.3) is 11.5 Å². The van der Waals surface area contributed by atoms with Gasteiger partial charge in [-0.1, -0.05) is 23.4 Å². The number of hydrogen-bond acceptors (Lipinski definition) is 4. The van der Waals surface area contributed by atoms with Crippen LogP contribution < -0.4 is 4.90 Å². The third-order valence-electron chi connectivity index (χ3n) is 4.81. The molecule has 5 nitrogen and oxygen atoms in total. The summed E-state index contributed by atoms with van der Waals surface area (Å²) in [6.45, 7) is 2.22. The Labute approximate surface area is 158 Å². The zero-order chi connectivity index (χ0) is 19.9. The summed E-state index contributed by atoms with van der Waals surface area (Å²) < 4.78 is 43.5. The summed E-state index contributed by atoms with van der Waals surface area (Å²) in [4.78, 5) is 18.3. The maximum atomic E-state index is 12.7. The van der Waals surface area contributed by atoms with Gasteiger partial charge in [0.15, 0.2) is 5.82 Å². The molecule has 1 amide bonds. The lowest BCUT2D eigenvalue weighted by molar-refractivity contribution is -0.137. The van der Waals surface area contributed by atoms with E-state index in [1.807, 2.05) is 31.2 Å². The highest BCUT2D eigenvalue weighted by molar-refractivity contribution is 5.96. The van der Waals surface area contributed by atoms with Gasteiger partial charge in [0.2, 0.25) is 5.91 Å². The van der Waals surface area contributed by atoms with Gasteiger partial charge in [0, 0.05) is 30.1 Å². The Hall–Kier alpha value is -3.16. The minimum Gasteiger partial charge on any atom is -0.334 e. The smallest absolute Gasteiger partial charge is 0.334 e. The van der Waals surface area contributed by atoms with E-state index in [9.17, 15) is 18.0 Å². The van der Waals surface area contributed by atoms with Crippen molar-refractivity contribution in [3.63, 3.8) is 0 Å². The lowest BCUT2D eigenvalue weighted by Crippen LogP contribution is -2.24. The van der Waals surface area contributed by atoms with Crippen LogP contribution in [0.2, 0.25) is 0 Å². The minimum absolute atomic E-state index is 0.174. The summed E-state index contributed by atoms with van der Waals surface area (Å²) in [5, 5.41) is 4.01. The number of amides is 1. The van der Waals surface area contributed by atoms with Crippen LogP contribution in [0.4, 0.5) is 18.9 Å². The first-order valence-corrected chi connectivity index (χ1v) is 8.70. The first-order chi connectivity index (χ1) is 13.3. The molecule has 1 saturated heterocycles. The third-order valence-corrected chi connectivity index (χ3v) is 4.81. The molecule has 1 aliphatic heterocycles. The highest BCUT2D eigenvalue weighted by Gasteiger charge is 2.35. The van der Waals surface area contributed by atoms with Crippen molar-refractivity contribution < 1.29 is 22.5 Å². The van der Waals surface area contributed by atoms with E-state index < -0.39 is 11.7 Å². The molecule has 0 saturated carbocycles. The quantitative estimate of drug-likeness (QED) is 0.660. The molecule has 1 aliphatic rings. The Morgan fingerprint density at radius 2 is 1.82 bits per heavy atom. The van der Waals surface area contributed by atoms with E-state index in [1.165, 1.54) is 17.0 Å². The standard InChI is InChI=1S/C20H16F3N3O2/c1-12-4-2-3-5-16(12)19-24-18(25-28-19)13-10-17(27)26(11-13)15-8-6-14(7-9-15)20(21,22)23/h2-9,13H,10-11H2,1H3. The van der Waals surface area contributed by atoms with Crippen LogP contribution in [0.15, 0.2) is 53.1 Å². The number of aryl methyl sites for hydroxylation is 1. The topological polar surface area (TPSA) is 59.2 Å². The molecule has 28 heavy (non-hydrogen) atoms. The molecule has 0 radical (unpaired) electrons. The lowest BCUT2D eigenvalue weighted by atomic mass is 10.1. The van der Waals surface area contributed by atoms with Crippen molar-refractivity contribution in [1.29, 1.82) is 0 Å². The lowest BCUT2D eigenvalue weighted by Gasteiger charge is -2.17. The molecule has 144 valence electrons. The third kappa shape index (κ3) is 3.37. The molecule has 1 fully saturated rings. The van der Waals surface area contributed by atoms with Crippen LogP contribution in [-0.4, -0.2) is 22.6 Å². The second kappa shape index (κ2) is 6.78. The zero-order valence-electron chi connectivity index (χ0n) is 14.9. The largest absolute Gasteiger partial charge is 0.416 e. The SMILES string of the molecule is Cc1ccccc1-c1nc(C2CC(=O)N(c3ccc(C(F)(F)F)cc3)C2)no1. The molecule has 1 aromatic heterocycles. The fourth-order valence-corrected chi connectivity index (χ4v) is 3.28. The van der Waals surface area contributed by atoms with Crippen LogP contribution in [0.1, 0.15) is 29.3 Å². The number of hydrogen-bond donors (Lipinski definition) is 0. The minimum atomic E-state index is -4.41. The molecule has 8 heteroatoms. The number of anilines is 1. The highest BCUT2D eigenvalue weighted by Crippen LogP contribution is 2.34. The molecular formula is C20H16F3N3O2. The Morgan fingerprint density at radius 3 is 2.50 bits per heavy atom. The van der Waals surface area contributed by atoms with E-state index in [4.69, 9.17) is 4.52 Å². The Morgan fingerprint density at radius 1 is 1.11 bits per heavy atom.